The molecule has 3 rings (SSSR count). The lowest BCUT2D eigenvalue weighted by molar-refractivity contribution is -0.119. The summed E-state index contributed by atoms with van der Waals surface area (Å²) in [5.74, 6) is 1.66. The number of ether oxygens (including phenoxy) is 3. The van der Waals surface area contributed by atoms with E-state index in [2.05, 4.69) is 5.32 Å². The molecular weight excluding hydrogens is 658 g/mol. The van der Waals surface area contributed by atoms with E-state index in [0.29, 0.717) is 35.8 Å². The monoisotopic (exact) mass is 681 g/mol. The second kappa shape index (κ2) is 13.9. The van der Waals surface area contributed by atoms with Gasteiger partial charge >= 0.3 is 8.60 Å². The standard InChI is InChI=1S/C24H26Cl6NO7P/c1-13(32)31-18-8-5-14-9-19(33-2)21(34-3)22(35-4)20(14)16-7-6-15(10-17(16)18)38-39(36-11-23(25,26)27)37-12-24(28,29)30/h6-7,9-10,18H,5,8,11-12H2,1-4H3,(H,31,32). The van der Waals surface area contributed by atoms with Crippen LogP contribution in [0.2, 0.25) is 0 Å². The van der Waals surface area contributed by atoms with Crippen LogP contribution in [-0.4, -0.2) is 48.0 Å². The third-order valence-corrected chi connectivity index (χ3v) is 7.20. The molecule has 0 saturated carbocycles. The van der Waals surface area contributed by atoms with Gasteiger partial charge in [-0.05, 0) is 47.7 Å². The summed E-state index contributed by atoms with van der Waals surface area (Å²) in [6.07, 6.45) is 1.21. The van der Waals surface area contributed by atoms with E-state index < -0.39 is 16.2 Å². The summed E-state index contributed by atoms with van der Waals surface area (Å²) in [6.45, 7) is 0.781. The molecule has 39 heavy (non-hydrogen) atoms. The summed E-state index contributed by atoms with van der Waals surface area (Å²) < 4.78 is 30.6. The number of hydrogen-bond acceptors (Lipinski definition) is 7. The fourth-order valence-corrected chi connectivity index (χ4v) is 5.94. The van der Waals surface area contributed by atoms with Crippen molar-refractivity contribution < 1.29 is 32.6 Å². The van der Waals surface area contributed by atoms with Crippen molar-refractivity contribution in [2.75, 3.05) is 34.5 Å². The Morgan fingerprint density at radius 2 is 1.56 bits per heavy atom. The molecule has 0 heterocycles. The number of hydrogen-bond donors (Lipinski definition) is 1. The van der Waals surface area contributed by atoms with Crippen LogP contribution < -0.4 is 24.1 Å². The summed E-state index contributed by atoms with van der Waals surface area (Å²) in [4.78, 5) is 12.1. The Hall–Kier alpha value is -0.800. The molecule has 0 bridgehead atoms. The van der Waals surface area contributed by atoms with Crippen LogP contribution >= 0.6 is 78.2 Å². The first kappa shape index (κ1) is 32.7. The summed E-state index contributed by atoms with van der Waals surface area (Å²) >= 11 is 35.0. The van der Waals surface area contributed by atoms with Crippen molar-refractivity contribution in [3.05, 3.63) is 35.4 Å². The van der Waals surface area contributed by atoms with Gasteiger partial charge in [0.15, 0.2) is 11.5 Å². The van der Waals surface area contributed by atoms with E-state index in [9.17, 15) is 4.79 Å². The molecule has 1 aliphatic rings. The number of carbonyl (C=O) groups is 1. The number of nitrogens with one attached hydrogen (secondary N) is 1. The number of fused-ring (bicyclic) bond motifs is 3. The molecule has 0 aliphatic heterocycles. The highest BCUT2D eigenvalue weighted by Crippen LogP contribution is 2.52. The van der Waals surface area contributed by atoms with Crippen molar-refractivity contribution in [1.82, 2.24) is 5.32 Å². The van der Waals surface area contributed by atoms with Gasteiger partial charge in [-0.15, -0.1) is 0 Å². The number of amides is 1. The number of aryl methyl sites for hydroxylation is 1. The van der Waals surface area contributed by atoms with Crippen molar-refractivity contribution in [3.63, 3.8) is 0 Å². The first-order valence-corrected chi connectivity index (χ1v) is 14.7. The van der Waals surface area contributed by atoms with E-state index in [-0.39, 0.29) is 25.2 Å². The predicted octanol–water partition coefficient (Wildman–Crippen LogP) is 7.88. The molecule has 1 aliphatic carbocycles. The van der Waals surface area contributed by atoms with Crippen molar-refractivity contribution in [1.29, 1.82) is 0 Å². The van der Waals surface area contributed by atoms with E-state index in [4.69, 9.17) is 97.4 Å². The zero-order valence-corrected chi connectivity index (χ0v) is 26.7. The summed E-state index contributed by atoms with van der Waals surface area (Å²) in [6, 6.07) is 6.88. The van der Waals surface area contributed by atoms with Gasteiger partial charge in [0.05, 0.1) is 27.4 Å². The molecule has 1 atom stereocenters. The van der Waals surface area contributed by atoms with Crippen molar-refractivity contribution >= 4 is 84.1 Å². The second-order valence-corrected chi connectivity index (χ2v) is 14.5. The number of methoxy groups -OCH3 is 3. The highest BCUT2D eigenvalue weighted by molar-refractivity contribution is 7.42. The normalized spacial score (nSPS) is 15.2. The number of benzene rings is 2. The number of halogens is 6. The average molecular weight is 684 g/mol. The van der Waals surface area contributed by atoms with E-state index in [1.807, 2.05) is 12.1 Å². The zero-order chi connectivity index (χ0) is 29.0. The van der Waals surface area contributed by atoms with Crippen LogP contribution in [-0.2, 0) is 20.3 Å². The van der Waals surface area contributed by atoms with Crippen LogP contribution in [0.1, 0.15) is 30.5 Å². The van der Waals surface area contributed by atoms with E-state index in [1.165, 1.54) is 14.0 Å². The number of carbonyl (C=O) groups excluding carboxylic acids is 1. The molecule has 0 radical (unpaired) electrons. The molecule has 1 N–H and O–H groups in total. The molecule has 0 aromatic heterocycles. The molecule has 1 unspecified atom stereocenters. The maximum Gasteiger partial charge on any atom is 0.397 e. The van der Waals surface area contributed by atoms with Crippen LogP contribution in [0.15, 0.2) is 24.3 Å². The summed E-state index contributed by atoms with van der Waals surface area (Å²) in [5.41, 5.74) is 3.35. The number of rotatable bonds is 10. The Labute approximate surface area is 258 Å². The third kappa shape index (κ3) is 9.09. The second-order valence-electron chi connectivity index (χ2n) is 8.31. The first-order valence-electron chi connectivity index (χ1n) is 11.4. The van der Waals surface area contributed by atoms with Gasteiger partial charge in [0.25, 0.3) is 0 Å². The molecule has 0 spiro atoms. The minimum atomic E-state index is -2.15. The molecule has 1 amide bonds. The Morgan fingerprint density at radius 1 is 0.949 bits per heavy atom. The smallest absolute Gasteiger partial charge is 0.397 e. The van der Waals surface area contributed by atoms with E-state index in [1.54, 1.807) is 26.4 Å². The van der Waals surface area contributed by atoms with Gasteiger partial charge < -0.3 is 24.1 Å². The minimum absolute atomic E-state index is 0.190. The first-order chi connectivity index (χ1) is 18.3. The fourth-order valence-electron chi connectivity index (χ4n) is 4.09. The van der Waals surface area contributed by atoms with Crippen LogP contribution in [0.4, 0.5) is 0 Å². The van der Waals surface area contributed by atoms with Crippen molar-refractivity contribution in [2.45, 2.75) is 33.4 Å². The van der Waals surface area contributed by atoms with Crippen LogP contribution in [0.3, 0.4) is 0 Å². The zero-order valence-electron chi connectivity index (χ0n) is 21.3. The Bertz CT molecular complexity index is 1160. The summed E-state index contributed by atoms with van der Waals surface area (Å²) in [7, 11) is 2.51. The molecule has 2 aromatic carbocycles. The van der Waals surface area contributed by atoms with Gasteiger partial charge in [0.2, 0.25) is 19.2 Å². The van der Waals surface area contributed by atoms with Gasteiger partial charge in [-0.3, -0.25) is 13.8 Å². The SMILES string of the molecule is COc1cc2c(c(OC)c1OC)-c1ccc(OP(OCC(Cl)(Cl)Cl)OCC(Cl)(Cl)Cl)cc1C(NC(C)=O)CC2. The largest absolute Gasteiger partial charge is 0.493 e. The maximum atomic E-state index is 12.1. The van der Waals surface area contributed by atoms with Crippen LogP contribution in [0.5, 0.6) is 23.0 Å². The Balaban J connectivity index is 2.09. The maximum absolute atomic E-state index is 12.1. The van der Waals surface area contributed by atoms with Crippen LogP contribution in [0.25, 0.3) is 11.1 Å². The van der Waals surface area contributed by atoms with Crippen molar-refractivity contribution in [3.8, 4) is 34.1 Å². The lowest BCUT2D eigenvalue weighted by Gasteiger charge is -2.24. The Kier molecular flexibility index (Phi) is 11.7. The average Bonchev–Trinajstić information content (AvgIpc) is 2.99. The topological polar surface area (TPSA) is 84.5 Å². The van der Waals surface area contributed by atoms with Gasteiger partial charge in [-0.2, -0.15) is 0 Å². The minimum Gasteiger partial charge on any atom is -0.493 e. The highest BCUT2D eigenvalue weighted by atomic mass is 35.6. The molecule has 0 saturated heterocycles. The van der Waals surface area contributed by atoms with Crippen molar-refractivity contribution in [2.24, 2.45) is 0 Å². The fraction of sp³-hybridized carbons (Fsp3) is 0.458. The quantitative estimate of drug-likeness (QED) is 0.202. The molecule has 15 heteroatoms. The van der Waals surface area contributed by atoms with Gasteiger partial charge in [-0.1, -0.05) is 75.7 Å². The lowest BCUT2D eigenvalue weighted by atomic mass is 9.93. The third-order valence-electron chi connectivity index (χ3n) is 5.51. The van der Waals surface area contributed by atoms with Gasteiger partial charge in [-0.25, -0.2) is 0 Å². The van der Waals surface area contributed by atoms with Crippen LogP contribution in [0, 0.1) is 0 Å². The molecule has 0 fully saturated rings. The van der Waals surface area contributed by atoms with Gasteiger partial charge in [0, 0.05) is 12.5 Å². The highest BCUT2D eigenvalue weighted by Gasteiger charge is 2.32. The molecule has 2 aromatic rings. The number of alkyl halides is 6. The van der Waals surface area contributed by atoms with Gasteiger partial charge in [0.1, 0.15) is 19.0 Å². The summed E-state index contributed by atoms with van der Waals surface area (Å²) in [5, 5.41) is 3.02. The molecule has 8 nitrogen and oxygen atoms in total. The predicted molar refractivity (Wildman–Crippen MR) is 156 cm³/mol. The molecule has 216 valence electrons. The van der Waals surface area contributed by atoms with E-state index >= 15 is 0 Å². The lowest BCUT2D eigenvalue weighted by Crippen LogP contribution is -2.26. The Morgan fingerprint density at radius 3 is 2.08 bits per heavy atom. The molecular formula is C24H26Cl6NO7P. The van der Waals surface area contributed by atoms with E-state index in [0.717, 1.165) is 22.3 Å².